The third kappa shape index (κ3) is 2.82. The Morgan fingerprint density at radius 2 is 2.24 bits per heavy atom. The van der Waals surface area contributed by atoms with Crippen LogP contribution in [0.2, 0.25) is 0 Å². The van der Waals surface area contributed by atoms with Crippen molar-refractivity contribution in [3.8, 4) is 0 Å². The molecule has 3 N–H and O–H groups in total. The molecule has 1 aromatic heterocycles. The molecule has 2 unspecified atom stereocenters. The number of anilines is 1. The number of rotatable bonds is 4. The summed E-state index contributed by atoms with van der Waals surface area (Å²) in [4.78, 5) is 14.7. The number of nitro groups is 1. The van der Waals surface area contributed by atoms with Crippen molar-refractivity contribution in [2.24, 2.45) is 11.7 Å². The summed E-state index contributed by atoms with van der Waals surface area (Å²) in [5, 5.41) is 14.1. The average molecular weight is 290 g/mol. The van der Waals surface area contributed by atoms with E-state index in [0.717, 1.165) is 12.8 Å². The van der Waals surface area contributed by atoms with Gasteiger partial charge < -0.3 is 15.5 Å². The monoisotopic (exact) mass is 290 g/mol. The normalized spacial score (nSPS) is 22.3. The van der Waals surface area contributed by atoms with Crippen LogP contribution >= 0.6 is 0 Å². The highest BCUT2D eigenvalue weighted by molar-refractivity contribution is 5.77. The first-order valence-corrected chi connectivity index (χ1v) is 7.19. The molecule has 7 nitrogen and oxygen atoms in total. The number of non-ortho nitro benzene ring substituents is 1. The number of hydrogen-bond donors (Lipinski definition) is 2. The van der Waals surface area contributed by atoms with Gasteiger partial charge in [-0.1, -0.05) is 12.8 Å². The molecule has 112 valence electrons. The number of hydrogen-bond acceptors (Lipinski definition) is 6. The zero-order valence-electron chi connectivity index (χ0n) is 11.6. The minimum absolute atomic E-state index is 0.00250. The Morgan fingerprint density at radius 3 is 3.00 bits per heavy atom. The van der Waals surface area contributed by atoms with Crippen molar-refractivity contribution in [1.29, 1.82) is 0 Å². The van der Waals surface area contributed by atoms with Crippen LogP contribution in [0.1, 0.15) is 25.7 Å². The van der Waals surface area contributed by atoms with Crippen molar-refractivity contribution in [3.05, 3.63) is 28.3 Å². The highest BCUT2D eigenvalue weighted by Gasteiger charge is 2.25. The van der Waals surface area contributed by atoms with Crippen molar-refractivity contribution < 1.29 is 9.34 Å². The van der Waals surface area contributed by atoms with Gasteiger partial charge in [0.05, 0.1) is 11.0 Å². The van der Waals surface area contributed by atoms with Gasteiger partial charge in [0.1, 0.15) is 5.52 Å². The first kappa shape index (κ1) is 13.8. The Bertz CT molecular complexity index is 655. The number of nitro benzene ring substituents is 1. The largest absolute Gasteiger partial charge is 0.423 e. The van der Waals surface area contributed by atoms with Crippen molar-refractivity contribution in [1.82, 2.24) is 4.98 Å². The van der Waals surface area contributed by atoms with E-state index in [2.05, 4.69) is 10.3 Å². The first-order chi connectivity index (χ1) is 10.2. The van der Waals surface area contributed by atoms with Gasteiger partial charge in [-0.05, 0) is 31.4 Å². The molecule has 0 saturated heterocycles. The molecule has 1 aliphatic rings. The van der Waals surface area contributed by atoms with Crippen LogP contribution in [0.3, 0.4) is 0 Å². The smallest absolute Gasteiger partial charge is 0.295 e. The molecule has 1 fully saturated rings. The van der Waals surface area contributed by atoms with Crippen LogP contribution in [0, 0.1) is 16.0 Å². The number of aromatic nitrogens is 1. The van der Waals surface area contributed by atoms with E-state index < -0.39 is 4.92 Å². The van der Waals surface area contributed by atoms with Crippen molar-refractivity contribution >= 4 is 22.8 Å². The maximum atomic E-state index is 10.8. The topological polar surface area (TPSA) is 107 Å². The summed E-state index contributed by atoms with van der Waals surface area (Å²) in [7, 11) is 0. The SMILES string of the molecule is NCC1CCCCC1Nc1nc2ccc([N+](=O)[O-])cc2o1. The van der Waals surface area contributed by atoms with Crippen molar-refractivity contribution in [3.63, 3.8) is 0 Å². The summed E-state index contributed by atoms with van der Waals surface area (Å²) in [5.74, 6) is 0.420. The fourth-order valence-corrected chi connectivity index (χ4v) is 2.93. The molecular weight excluding hydrogens is 272 g/mol. The van der Waals surface area contributed by atoms with Gasteiger partial charge in [0.25, 0.3) is 11.7 Å². The second kappa shape index (κ2) is 5.69. The fraction of sp³-hybridized carbons (Fsp3) is 0.500. The maximum Gasteiger partial charge on any atom is 0.295 e. The molecule has 0 aliphatic heterocycles. The van der Waals surface area contributed by atoms with Crippen LogP contribution in [0.4, 0.5) is 11.7 Å². The summed E-state index contributed by atoms with van der Waals surface area (Å²) in [6, 6.07) is 5.10. The minimum Gasteiger partial charge on any atom is -0.423 e. The second-order valence-electron chi connectivity index (χ2n) is 5.46. The molecule has 0 spiro atoms. The Morgan fingerprint density at radius 1 is 1.43 bits per heavy atom. The van der Waals surface area contributed by atoms with E-state index in [-0.39, 0.29) is 11.7 Å². The standard InChI is InChI=1S/C14H18N4O3/c15-8-9-3-1-2-4-11(9)16-14-17-12-6-5-10(18(19)20)7-13(12)21-14/h5-7,9,11H,1-4,8,15H2,(H,16,17). The van der Waals surface area contributed by atoms with E-state index in [1.54, 1.807) is 6.07 Å². The molecule has 1 saturated carbocycles. The van der Waals surface area contributed by atoms with Crippen LogP contribution < -0.4 is 11.1 Å². The number of fused-ring (bicyclic) bond motifs is 1. The summed E-state index contributed by atoms with van der Waals surface area (Å²) < 4.78 is 5.59. The van der Waals surface area contributed by atoms with Gasteiger partial charge in [-0.3, -0.25) is 10.1 Å². The Hall–Kier alpha value is -2.15. The predicted octanol–water partition coefficient (Wildman–Crippen LogP) is 2.67. The molecule has 2 aromatic rings. The van der Waals surface area contributed by atoms with Gasteiger partial charge >= 0.3 is 0 Å². The lowest BCUT2D eigenvalue weighted by Gasteiger charge is -2.30. The summed E-state index contributed by atoms with van der Waals surface area (Å²) in [6.45, 7) is 0.642. The van der Waals surface area contributed by atoms with Crippen LogP contribution in [-0.2, 0) is 0 Å². The van der Waals surface area contributed by atoms with Gasteiger partial charge in [0, 0.05) is 12.1 Å². The van der Waals surface area contributed by atoms with Crippen molar-refractivity contribution in [2.75, 3.05) is 11.9 Å². The minimum atomic E-state index is -0.444. The molecule has 1 aromatic carbocycles. The van der Waals surface area contributed by atoms with Gasteiger partial charge in [0.2, 0.25) is 0 Å². The van der Waals surface area contributed by atoms with Crippen LogP contribution in [0.15, 0.2) is 22.6 Å². The lowest BCUT2D eigenvalue weighted by atomic mass is 9.85. The second-order valence-corrected chi connectivity index (χ2v) is 5.46. The average Bonchev–Trinajstić information content (AvgIpc) is 2.89. The van der Waals surface area contributed by atoms with E-state index in [1.807, 2.05) is 0 Å². The Balaban J connectivity index is 1.82. The number of nitrogens with two attached hydrogens (primary N) is 1. The van der Waals surface area contributed by atoms with E-state index in [4.69, 9.17) is 10.2 Å². The van der Waals surface area contributed by atoms with E-state index >= 15 is 0 Å². The van der Waals surface area contributed by atoms with Gasteiger partial charge in [-0.15, -0.1) is 0 Å². The molecule has 1 heterocycles. The molecule has 3 rings (SSSR count). The summed E-state index contributed by atoms with van der Waals surface area (Å²) in [5.41, 5.74) is 6.85. The van der Waals surface area contributed by atoms with E-state index in [9.17, 15) is 10.1 Å². The zero-order chi connectivity index (χ0) is 14.8. The number of benzene rings is 1. The molecule has 0 bridgehead atoms. The van der Waals surface area contributed by atoms with Gasteiger partial charge in [-0.2, -0.15) is 4.98 Å². The highest BCUT2D eigenvalue weighted by atomic mass is 16.6. The quantitative estimate of drug-likeness (QED) is 0.662. The lowest BCUT2D eigenvalue weighted by Crippen LogP contribution is -2.36. The molecule has 0 amide bonds. The highest BCUT2D eigenvalue weighted by Crippen LogP contribution is 2.28. The molecule has 2 atom stereocenters. The zero-order valence-corrected chi connectivity index (χ0v) is 11.6. The summed E-state index contributed by atoms with van der Waals surface area (Å²) >= 11 is 0. The Kier molecular flexibility index (Phi) is 3.74. The number of nitrogens with one attached hydrogen (secondary N) is 1. The fourth-order valence-electron chi connectivity index (χ4n) is 2.93. The van der Waals surface area contributed by atoms with Gasteiger partial charge in [-0.25, -0.2) is 0 Å². The third-order valence-electron chi connectivity index (χ3n) is 4.10. The van der Waals surface area contributed by atoms with E-state index in [0.29, 0.717) is 29.6 Å². The van der Waals surface area contributed by atoms with E-state index in [1.165, 1.54) is 25.0 Å². The van der Waals surface area contributed by atoms with Crippen LogP contribution in [-0.4, -0.2) is 22.5 Å². The molecule has 0 radical (unpaired) electrons. The van der Waals surface area contributed by atoms with Crippen molar-refractivity contribution in [2.45, 2.75) is 31.7 Å². The third-order valence-corrected chi connectivity index (χ3v) is 4.10. The Labute approximate surface area is 121 Å². The van der Waals surface area contributed by atoms with Gasteiger partial charge in [0.15, 0.2) is 5.58 Å². The van der Waals surface area contributed by atoms with Crippen LogP contribution in [0.25, 0.3) is 11.1 Å². The lowest BCUT2D eigenvalue weighted by molar-refractivity contribution is -0.384. The molecule has 7 heteroatoms. The number of nitrogens with zero attached hydrogens (tertiary/aromatic N) is 2. The molecule has 21 heavy (non-hydrogen) atoms. The summed E-state index contributed by atoms with van der Waals surface area (Å²) in [6.07, 6.45) is 4.53. The maximum absolute atomic E-state index is 10.8. The van der Waals surface area contributed by atoms with Crippen LogP contribution in [0.5, 0.6) is 0 Å². The first-order valence-electron chi connectivity index (χ1n) is 7.19. The molecule has 1 aliphatic carbocycles. The molecular formula is C14H18N4O3. The predicted molar refractivity (Wildman–Crippen MR) is 79.1 cm³/mol. The number of oxazole rings is 1.